The van der Waals surface area contributed by atoms with Crippen molar-refractivity contribution in [3.63, 3.8) is 0 Å². The van der Waals surface area contributed by atoms with Crippen molar-refractivity contribution in [2.45, 2.75) is 59.3 Å². The van der Waals surface area contributed by atoms with Crippen molar-refractivity contribution in [3.05, 3.63) is 175 Å². The van der Waals surface area contributed by atoms with Gasteiger partial charge in [-0.1, -0.05) is 106 Å². The van der Waals surface area contributed by atoms with E-state index in [-0.39, 0.29) is 20.1 Å². The minimum atomic E-state index is 0. The van der Waals surface area contributed by atoms with Gasteiger partial charge in [0.15, 0.2) is 0 Å². The van der Waals surface area contributed by atoms with Gasteiger partial charge in [-0.25, -0.2) is 0 Å². The Hall–Kier alpha value is -5.22. The van der Waals surface area contributed by atoms with Crippen LogP contribution in [0.1, 0.15) is 76.0 Å². The third kappa shape index (κ3) is 9.81. The van der Waals surface area contributed by atoms with Crippen molar-refractivity contribution in [2.24, 2.45) is 0 Å². The number of rotatable bonds is 6. The molecule has 0 radical (unpaired) electrons. The first-order valence-electron chi connectivity index (χ1n) is 17.9. The van der Waals surface area contributed by atoms with E-state index >= 15 is 0 Å². The Morgan fingerprint density at radius 3 is 1.43 bits per heavy atom. The molecule has 4 aromatic carbocycles. The van der Waals surface area contributed by atoms with Crippen LogP contribution in [-0.4, -0.2) is 15.0 Å². The van der Waals surface area contributed by atoms with Gasteiger partial charge in [-0.2, -0.15) is 0 Å². The third-order valence-electron chi connectivity index (χ3n) is 8.92. The first-order chi connectivity index (χ1) is 25.3. The number of para-hydroxylation sites is 1. The van der Waals surface area contributed by atoms with Gasteiger partial charge in [0.2, 0.25) is 0 Å². The average molecular weight is 871 g/mol. The summed E-state index contributed by atoms with van der Waals surface area (Å²) >= 11 is 0. The number of hydrogen-bond acceptors (Lipinski definition) is 4. The third-order valence-corrected chi connectivity index (χ3v) is 8.92. The zero-order valence-corrected chi connectivity index (χ0v) is 33.5. The van der Waals surface area contributed by atoms with Gasteiger partial charge in [-0.05, 0) is 59.1 Å². The van der Waals surface area contributed by atoms with Gasteiger partial charge in [0.05, 0.1) is 5.58 Å². The summed E-state index contributed by atoms with van der Waals surface area (Å²) in [4.78, 5) is 13.2. The van der Waals surface area contributed by atoms with E-state index < -0.39 is 0 Å². The molecule has 0 saturated heterocycles. The maximum absolute atomic E-state index is 6.07. The Morgan fingerprint density at radius 1 is 0.472 bits per heavy atom. The van der Waals surface area contributed by atoms with Crippen LogP contribution >= 0.6 is 0 Å². The fourth-order valence-corrected chi connectivity index (χ4v) is 5.84. The van der Waals surface area contributed by atoms with Crippen LogP contribution in [0.2, 0.25) is 0 Å². The van der Waals surface area contributed by atoms with Crippen molar-refractivity contribution in [2.75, 3.05) is 0 Å². The minimum Gasteiger partial charge on any atom is -0.501 e. The largest absolute Gasteiger partial charge is 3.00 e. The van der Waals surface area contributed by atoms with Crippen molar-refractivity contribution >= 4 is 21.9 Å². The summed E-state index contributed by atoms with van der Waals surface area (Å²) in [6.45, 7) is 13.1. The van der Waals surface area contributed by atoms with Crippen LogP contribution in [-0.2, 0) is 20.1 Å². The molecule has 0 aliphatic rings. The molecule has 0 bridgehead atoms. The summed E-state index contributed by atoms with van der Waals surface area (Å²) in [6.07, 6.45) is 5.59. The van der Waals surface area contributed by atoms with E-state index in [9.17, 15) is 0 Å². The summed E-state index contributed by atoms with van der Waals surface area (Å²) < 4.78 is 6.07. The molecule has 266 valence electrons. The predicted octanol–water partition coefficient (Wildman–Crippen LogP) is 12.9. The Kier molecular flexibility index (Phi) is 13.6. The average Bonchev–Trinajstić information content (AvgIpc) is 3.58. The number of nitrogens with zero attached hydrogens (tertiary/aromatic N) is 3. The molecule has 0 N–H and O–H groups in total. The number of furan rings is 1. The standard InChI is InChI=1S/C20H16NO.2C14H14N.Ir/c1-13(2)14-10-11-21-18(12-14)17-8-5-7-16-15-6-3-4-9-19(15)22-20(16)17;2*1-11(2)13-8-9-15-14(10-13)12-6-4-3-5-7-12;/h3-7,9-13H,1-2H3;2*3-6,8-11H,1-2H3;/q3*-1;+3. The van der Waals surface area contributed by atoms with Gasteiger partial charge < -0.3 is 19.4 Å². The van der Waals surface area contributed by atoms with Crippen molar-refractivity contribution < 1.29 is 24.5 Å². The van der Waals surface area contributed by atoms with Gasteiger partial charge in [-0.3, -0.25) is 0 Å². The second-order valence-corrected chi connectivity index (χ2v) is 13.6. The summed E-state index contributed by atoms with van der Waals surface area (Å²) in [6, 6.07) is 50.2. The molecule has 0 unspecified atom stereocenters. The van der Waals surface area contributed by atoms with Crippen LogP contribution < -0.4 is 0 Å². The smallest absolute Gasteiger partial charge is 0.501 e. The second kappa shape index (κ2) is 18.5. The molecule has 0 atom stereocenters. The van der Waals surface area contributed by atoms with Crippen LogP contribution in [0.25, 0.3) is 55.7 Å². The number of fused-ring (bicyclic) bond motifs is 3. The Balaban J connectivity index is 0.000000157. The van der Waals surface area contributed by atoms with Gasteiger partial charge in [-0.15, -0.1) is 90.0 Å². The molecule has 4 nitrogen and oxygen atoms in total. The summed E-state index contributed by atoms with van der Waals surface area (Å²) in [5.41, 5.74) is 11.6. The SMILES string of the molecule is CC(C)c1ccnc(-c2[c-]ccc3c2oc2ccccc23)c1.CC(C)c1ccnc(-c2[c-]cccc2)c1.CC(C)c1ccnc(-c2[c-]cccc2)c1.[Ir+3]. The molecule has 8 aromatic rings. The quantitative estimate of drug-likeness (QED) is 0.156. The number of benzene rings is 4. The topological polar surface area (TPSA) is 51.8 Å². The summed E-state index contributed by atoms with van der Waals surface area (Å²) in [7, 11) is 0. The summed E-state index contributed by atoms with van der Waals surface area (Å²) in [5, 5.41) is 2.24. The summed E-state index contributed by atoms with van der Waals surface area (Å²) in [5.74, 6) is 1.54. The molecular weight excluding hydrogens is 827 g/mol. The fraction of sp³-hybridized carbons (Fsp3) is 0.188. The Morgan fingerprint density at radius 2 is 0.943 bits per heavy atom. The number of hydrogen-bond donors (Lipinski definition) is 0. The molecule has 4 aromatic heterocycles. The van der Waals surface area contributed by atoms with E-state index in [0.717, 1.165) is 55.7 Å². The fourth-order valence-electron chi connectivity index (χ4n) is 5.84. The molecule has 8 rings (SSSR count). The molecule has 5 heteroatoms. The number of aromatic nitrogens is 3. The molecule has 0 aliphatic heterocycles. The predicted molar refractivity (Wildman–Crippen MR) is 215 cm³/mol. The van der Waals surface area contributed by atoms with E-state index in [1.807, 2.05) is 91.4 Å². The van der Waals surface area contributed by atoms with E-state index in [4.69, 9.17) is 4.42 Å². The second-order valence-electron chi connectivity index (χ2n) is 13.6. The monoisotopic (exact) mass is 871 g/mol. The van der Waals surface area contributed by atoms with E-state index in [1.54, 1.807) is 0 Å². The zero-order valence-electron chi connectivity index (χ0n) is 31.1. The molecule has 0 spiro atoms. The van der Waals surface area contributed by atoms with Crippen LogP contribution in [0.15, 0.2) is 144 Å². The van der Waals surface area contributed by atoms with Crippen molar-refractivity contribution in [1.82, 2.24) is 15.0 Å². The molecule has 4 heterocycles. The van der Waals surface area contributed by atoms with Gasteiger partial charge >= 0.3 is 20.1 Å². The van der Waals surface area contributed by atoms with Crippen LogP contribution in [0.5, 0.6) is 0 Å². The van der Waals surface area contributed by atoms with Gasteiger partial charge in [0.1, 0.15) is 5.58 Å². The molecule has 0 amide bonds. The van der Waals surface area contributed by atoms with Crippen LogP contribution in [0.4, 0.5) is 0 Å². The maximum atomic E-state index is 6.07. The minimum absolute atomic E-state index is 0. The van der Waals surface area contributed by atoms with Gasteiger partial charge in [0.25, 0.3) is 0 Å². The van der Waals surface area contributed by atoms with Gasteiger partial charge in [0, 0.05) is 24.0 Å². The first kappa shape index (κ1) is 39.0. The molecule has 0 fully saturated rings. The van der Waals surface area contributed by atoms with E-state index in [2.05, 4.69) is 123 Å². The van der Waals surface area contributed by atoms with Crippen molar-refractivity contribution in [3.8, 4) is 33.8 Å². The Bertz CT molecular complexity index is 2260. The molecule has 0 saturated carbocycles. The maximum Gasteiger partial charge on any atom is 3.00 e. The van der Waals surface area contributed by atoms with Crippen LogP contribution in [0.3, 0.4) is 0 Å². The van der Waals surface area contributed by atoms with E-state index in [1.165, 1.54) is 16.7 Å². The molecular formula is C48H44IrN3O. The normalized spacial score (nSPS) is 10.8. The van der Waals surface area contributed by atoms with Crippen molar-refractivity contribution in [1.29, 1.82) is 0 Å². The van der Waals surface area contributed by atoms with Crippen LogP contribution in [0, 0.1) is 18.2 Å². The first-order valence-corrected chi connectivity index (χ1v) is 17.9. The van der Waals surface area contributed by atoms with E-state index in [0.29, 0.717) is 17.8 Å². The molecule has 53 heavy (non-hydrogen) atoms. The Labute approximate surface area is 327 Å². The zero-order chi connectivity index (χ0) is 36.5. The number of pyridine rings is 3. The molecule has 0 aliphatic carbocycles.